The van der Waals surface area contributed by atoms with E-state index in [0.29, 0.717) is 12.2 Å². The molecule has 0 saturated heterocycles. The highest BCUT2D eigenvalue weighted by Crippen LogP contribution is 2.36. The van der Waals surface area contributed by atoms with Gasteiger partial charge in [-0.1, -0.05) is 18.2 Å². The number of benzene rings is 1. The number of hydrogen-bond donors (Lipinski definition) is 2. The van der Waals surface area contributed by atoms with Crippen molar-refractivity contribution in [3.8, 4) is 0 Å². The first-order valence-corrected chi connectivity index (χ1v) is 7.36. The monoisotopic (exact) mass is 303 g/mol. The molecule has 1 aliphatic rings. The second-order valence-electron chi connectivity index (χ2n) is 4.71. The Morgan fingerprint density at radius 2 is 2.10 bits per heavy atom. The molecular weight excluding hydrogens is 290 g/mol. The van der Waals surface area contributed by atoms with E-state index in [9.17, 15) is 9.59 Å². The van der Waals surface area contributed by atoms with Crippen molar-refractivity contribution in [1.82, 2.24) is 5.32 Å². The molecule has 1 aromatic carbocycles. The molecule has 1 amide bonds. The molecule has 0 saturated carbocycles. The van der Waals surface area contributed by atoms with Crippen LogP contribution in [0.25, 0.3) is 0 Å². The summed E-state index contributed by atoms with van der Waals surface area (Å²) < 4.78 is 5.10. The minimum atomic E-state index is -1.12. The zero-order chi connectivity index (χ0) is 14.8. The van der Waals surface area contributed by atoms with E-state index in [2.05, 4.69) is 5.32 Å². The van der Waals surface area contributed by atoms with Crippen molar-refractivity contribution in [2.45, 2.75) is 23.1 Å². The maximum absolute atomic E-state index is 12.1. The van der Waals surface area contributed by atoms with Crippen LogP contribution < -0.4 is 5.32 Å². The lowest BCUT2D eigenvalue weighted by molar-refractivity contribution is -0.120. The van der Waals surface area contributed by atoms with E-state index in [1.54, 1.807) is 17.8 Å². The summed E-state index contributed by atoms with van der Waals surface area (Å²) >= 11 is 1.55. The summed E-state index contributed by atoms with van der Waals surface area (Å²) in [5, 5.41) is 11.4. The molecule has 5 nitrogen and oxygen atoms in total. The molecule has 1 unspecified atom stereocenters. The molecule has 6 heteroatoms. The number of rotatable bonds is 4. The van der Waals surface area contributed by atoms with Gasteiger partial charge in [-0.2, -0.15) is 0 Å². The largest absolute Gasteiger partial charge is 0.475 e. The summed E-state index contributed by atoms with van der Waals surface area (Å²) in [6.45, 7) is 0.194. The number of nitrogens with one attached hydrogen (secondary N) is 1. The van der Waals surface area contributed by atoms with Gasteiger partial charge in [0.25, 0.3) is 0 Å². The Balaban J connectivity index is 1.57. The molecule has 0 fully saturated rings. The standard InChI is InChI=1S/C15H13NO4S/c17-14(13-7-9-3-1-2-4-12(9)21-13)16-8-10-5-6-11(20-10)15(18)19/h1-6,13H,7-8H2,(H,16,17)(H,18,19). The Bertz CT molecular complexity index is 669. The number of fused-ring (bicyclic) bond motifs is 1. The second-order valence-corrected chi connectivity index (χ2v) is 5.95. The normalized spacial score (nSPS) is 16.5. The van der Waals surface area contributed by atoms with Crippen LogP contribution >= 0.6 is 11.8 Å². The molecule has 0 bridgehead atoms. The number of carbonyl (C=O) groups excluding carboxylic acids is 1. The molecule has 3 rings (SSSR count). The average molecular weight is 303 g/mol. The minimum Gasteiger partial charge on any atom is -0.475 e. The number of amides is 1. The highest BCUT2D eigenvalue weighted by Gasteiger charge is 2.27. The Labute approximate surface area is 125 Å². The van der Waals surface area contributed by atoms with Gasteiger partial charge >= 0.3 is 5.97 Å². The van der Waals surface area contributed by atoms with E-state index in [1.165, 1.54) is 11.6 Å². The highest BCUT2D eigenvalue weighted by molar-refractivity contribution is 8.01. The molecule has 2 heterocycles. The summed E-state index contributed by atoms with van der Waals surface area (Å²) in [6, 6.07) is 10.9. The number of aromatic carboxylic acids is 1. The molecule has 2 N–H and O–H groups in total. The van der Waals surface area contributed by atoms with Crippen LogP contribution in [-0.4, -0.2) is 22.2 Å². The number of carboxylic acid groups (broad SMARTS) is 1. The Morgan fingerprint density at radius 3 is 2.81 bits per heavy atom. The minimum absolute atomic E-state index is 0.0653. The van der Waals surface area contributed by atoms with Crippen LogP contribution in [-0.2, 0) is 17.8 Å². The molecule has 0 radical (unpaired) electrons. The van der Waals surface area contributed by atoms with Crippen molar-refractivity contribution in [1.29, 1.82) is 0 Å². The fourth-order valence-corrected chi connectivity index (χ4v) is 3.42. The lowest BCUT2D eigenvalue weighted by Crippen LogP contribution is -2.31. The molecule has 0 spiro atoms. The van der Waals surface area contributed by atoms with Gasteiger partial charge < -0.3 is 14.8 Å². The van der Waals surface area contributed by atoms with Gasteiger partial charge in [-0.15, -0.1) is 11.8 Å². The predicted molar refractivity (Wildman–Crippen MR) is 77.3 cm³/mol. The van der Waals surface area contributed by atoms with Gasteiger partial charge in [0.2, 0.25) is 11.7 Å². The third-order valence-corrected chi connectivity index (χ3v) is 4.57. The molecule has 1 aromatic heterocycles. The SMILES string of the molecule is O=C(O)c1ccc(CNC(=O)C2Cc3ccccc3S2)o1. The Kier molecular flexibility index (Phi) is 3.70. The maximum atomic E-state index is 12.1. The number of furan rings is 1. The van der Waals surface area contributed by atoms with Gasteiger partial charge in [0.1, 0.15) is 5.76 Å². The van der Waals surface area contributed by atoms with Crippen molar-refractivity contribution in [3.63, 3.8) is 0 Å². The molecule has 2 aromatic rings. The Hall–Kier alpha value is -2.21. The van der Waals surface area contributed by atoms with Crippen LogP contribution in [0.4, 0.5) is 0 Å². The van der Waals surface area contributed by atoms with E-state index in [0.717, 1.165) is 4.90 Å². The van der Waals surface area contributed by atoms with Crippen LogP contribution in [0.3, 0.4) is 0 Å². The van der Waals surface area contributed by atoms with Crippen LogP contribution in [0.15, 0.2) is 45.7 Å². The van der Waals surface area contributed by atoms with Gasteiger partial charge in [-0.3, -0.25) is 4.79 Å². The molecular formula is C15H13NO4S. The number of hydrogen-bond acceptors (Lipinski definition) is 4. The van der Waals surface area contributed by atoms with Crippen molar-refractivity contribution in [2.24, 2.45) is 0 Å². The van der Waals surface area contributed by atoms with E-state index in [4.69, 9.17) is 9.52 Å². The first-order chi connectivity index (χ1) is 10.1. The fourth-order valence-electron chi connectivity index (χ4n) is 2.20. The van der Waals surface area contributed by atoms with Crippen LogP contribution in [0.5, 0.6) is 0 Å². The maximum Gasteiger partial charge on any atom is 0.371 e. The van der Waals surface area contributed by atoms with Gasteiger partial charge in [-0.05, 0) is 30.2 Å². The summed E-state index contributed by atoms with van der Waals surface area (Å²) in [5.74, 6) is -0.873. The van der Waals surface area contributed by atoms with E-state index in [1.807, 2.05) is 24.3 Å². The topological polar surface area (TPSA) is 79.5 Å². The second kappa shape index (κ2) is 5.65. The first kappa shape index (κ1) is 13.8. The molecule has 1 atom stereocenters. The van der Waals surface area contributed by atoms with Crippen molar-refractivity contribution in [2.75, 3.05) is 0 Å². The third kappa shape index (κ3) is 2.95. The van der Waals surface area contributed by atoms with E-state index in [-0.39, 0.29) is 23.5 Å². The molecule has 21 heavy (non-hydrogen) atoms. The lowest BCUT2D eigenvalue weighted by Gasteiger charge is -2.08. The predicted octanol–water partition coefficient (Wildman–Crippen LogP) is 2.31. The summed E-state index contributed by atoms with van der Waals surface area (Å²) in [5.41, 5.74) is 1.19. The van der Waals surface area contributed by atoms with Crippen molar-refractivity contribution >= 4 is 23.6 Å². The lowest BCUT2D eigenvalue weighted by atomic mass is 10.1. The van der Waals surface area contributed by atoms with Crippen LogP contribution in [0.2, 0.25) is 0 Å². The van der Waals surface area contributed by atoms with Crippen molar-refractivity contribution < 1.29 is 19.1 Å². The van der Waals surface area contributed by atoms with Gasteiger partial charge in [-0.25, -0.2) is 4.79 Å². The first-order valence-electron chi connectivity index (χ1n) is 6.48. The molecule has 1 aliphatic heterocycles. The van der Waals surface area contributed by atoms with Gasteiger partial charge in [0.15, 0.2) is 0 Å². The van der Waals surface area contributed by atoms with Gasteiger partial charge in [0, 0.05) is 4.90 Å². The third-order valence-electron chi connectivity index (χ3n) is 3.25. The van der Waals surface area contributed by atoms with Crippen LogP contribution in [0.1, 0.15) is 21.9 Å². The van der Waals surface area contributed by atoms with E-state index < -0.39 is 5.97 Å². The fraction of sp³-hybridized carbons (Fsp3) is 0.200. The summed E-state index contributed by atoms with van der Waals surface area (Å²) in [4.78, 5) is 24.0. The Morgan fingerprint density at radius 1 is 1.29 bits per heavy atom. The zero-order valence-electron chi connectivity index (χ0n) is 11.0. The molecule has 108 valence electrons. The number of carboxylic acids is 1. The summed E-state index contributed by atoms with van der Waals surface area (Å²) in [7, 11) is 0. The van der Waals surface area contributed by atoms with Crippen molar-refractivity contribution in [3.05, 3.63) is 53.5 Å². The number of carbonyl (C=O) groups is 2. The van der Waals surface area contributed by atoms with Crippen LogP contribution in [0, 0.1) is 0 Å². The highest BCUT2D eigenvalue weighted by atomic mass is 32.2. The average Bonchev–Trinajstić information content (AvgIpc) is 3.11. The quantitative estimate of drug-likeness (QED) is 0.906. The smallest absolute Gasteiger partial charge is 0.371 e. The molecule has 0 aliphatic carbocycles. The van der Waals surface area contributed by atoms with Gasteiger partial charge in [0.05, 0.1) is 11.8 Å². The van der Waals surface area contributed by atoms with E-state index >= 15 is 0 Å². The summed E-state index contributed by atoms with van der Waals surface area (Å²) in [6.07, 6.45) is 0.713. The number of thioether (sulfide) groups is 1. The zero-order valence-corrected chi connectivity index (χ0v) is 11.9.